The zero-order valence-electron chi connectivity index (χ0n) is 12.9. The Balaban J connectivity index is 1.51. The molecule has 120 valence electrons. The van der Waals surface area contributed by atoms with Gasteiger partial charge in [0.25, 0.3) is 0 Å². The van der Waals surface area contributed by atoms with Gasteiger partial charge in [-0.05, 0) is 37.2 Å². The lowest BCUT2D eigenvalue weighted by Gasteiger charge is -2.39. The zero-order valence-corrected chi connectivity index (χ0v) is 14.5. The largest absolute Gasteiger partial charge is 0.367 e. The van der Waals surface area contributed by atoms with E-state index in [1.807, 2.05) is 18.2 Å². The standard InChI is InChI=1S/C17H24ClN3S/c18-15-8-4-5-9-16(15)20-10-12-21(13-11-20)17(22)19-14-6-2-1-3-7-14/h4-5,8-9,14H,1-3,6-7,10-13H2,(H,19,22). The van der Waals surface area contributed by atoms with Gasteiger partial charge < -0.3 is 15.1 Å². The predicted octanol–water partition coefficient (Wildman–Crippen LogP) is 3.67. The van der Waals surface area contributed by atoms with Gasteiger partial charge in [0.05, 0.1) is 10.7 Å². The van der Waals surface area contributed by atoms with Crippen molar-refractivity contribution in [2.75, 3.05) is 31.1 Å². The molecule has 22 heavy (non-hydrogen) atoms. The first kappa shape index (κ1) is 15.9. The fraction of sp³-hybridized carbons (Fsp3) is 0.588. The van der Waals surface area contributed by atoms with Gasteiger partial charge in [0.2, 0.25) is 0 Å². The molecule has 0 atom stereocenters. The Labute approximate surface area is 143 Å². The number of rotatable bonds is 2. The van der Waals surface area contributed by atoms with Crippen molar-refractivity contribution >= 4 is 34.6 Å². The van der Waals surface area contributed by atoms with E-state index in [-0.39, 0.29) is 0 Å². The fourth-order valence-electron chi connectivity index (χ4n) is 3.37. The van der Waals surface area contributed by atoms with Crippen molar-refractivity contribution in [3.63, 3.8) is 0 Å². The first-order valence-corrected chi connectivity index (χ1v) is 9.07. The third-order valence-corrected chi connectivity index (χ3v) is 5.39. The minimum atomic E-state index is 0.586. The van der Waals surface area contributed by atoms with Crippen molar-refractivity contribution in [1.29, 1.82) is 0 Å². The van der Waals surface area contributed by atoms with Crippen molar-refractivity contribution in [3.05, 3.63) is 29.3 Å². The third-order valence-electron chi connectivity index (χ3n) is 4.69. The summed E-state index contributed by atoms with van der Waals surface area (Å²) in [4.78, 5) is 4.65. The topological polar surface area (TPSA) is 18.5 Å². The number of hydrogen-bond donors (Lipinski definition) is 1. The maximum Gasteiger partial charge on any atom is 0.169 e. The molecule has 0 aromatic heterocycles. The zero-order chi connectivity index (χ0) is 15.4. The lowest BCUT2D eigenvalue weighted by Crippen LogP contribution is -2.53. The van der Waals surface area contributed by atoms with Crippen molar-refractivity contribution in [3.8, 4) is 0 Å². The average Bonchev–Trinajstić information content (AvgIpc) is 2.56. The quantitative estimate of drug-likeness (QED) is 0.830. The molecule has 2 fully saturated rings. The second kappa shape index (κ2) is 7.51. The Morgan fingerprint density at radius 1 is 1.05 bits per heavy atom. The van der Waals surface area contributed by atoms with Gasteiger partial charge in [0.1, 0.15) is 0 Å². The monoisotopic (exact) mass is 337 g/mol. The normalized spacial score (nSPS) is 20.0. The first-order valence-electron chi connectivity index (χ1n) is 8.29. The number of para-hydroxylation sites is 1. The minimum absolute atomic E-state index is 0.586. The average molecular weight is 338 g/mol. The summed E-state index contributed by atoms with van der Waals surface area (Å²) in [5, 5.41) is 5.34. The van der Waals surface area contributed by atoms with Crippen molar-refractivity contribution in [2.24, 2.45) is 0 Å². The highest BCUT2D eigenvalue weighted by atomic mass is 35.5. The summed E-state index contributed by atoms with van der Waals surface area (Å²) in [5.74, 6) is 0. The van der Waals surface area contributed by atoms with Crippen LogP contribution < -0.4 is 10.2 Å². The Morgan fingerprint density at radius 3 is 2.41 bits per heavy atom. The van der Waals surface area contributed by atoms with Gasteiger partial charge in [-0.15, -0.1) is 0 Å². The summed E-state index contributed by atoms with van der Waals surface area (Å²) in [6.07, 6.45) is 6.57. The molecule has 1 aromatic rings. The van der Waals surface area contributed by atoms with E-state index in [9.17, 15) is 0 Å². The Morgan fingerprint density at radius 2 is 1.73 bits per heavy atom. The van der Waals surface area contributed by atoms with Crippen LogP contribution in [0.2, 0.25) is 5.02 Å². The molecular weight excluding hydrogens is 314 g/mol. The molecule has 0 spiro atoms. The molecule has 1 aliphatic heterocycles. The number of thiocarbonyl (C=S) groups is 1. The molecule has 2 aliphatic rings. The highest BCUT2D eigenvalue weighted by Gasteiger charge is 2.22. The Kier molecular flexibility index (Phi) is 5.42. The van der Waals surface area contributed by atoms with Gasteiger partial charge in [-0.2, -0.15) is 0 Å². The molecule has 1 aromatic carbocycles. The van der Waals surface area contributed by atoms with E-state index in [1.54, 1.807) is 0 Å². The van der Waals surface area contributed by atoms with Gasteiger partial charge in [-0.25, -0.2) is 0 Å². The van der Waals surface area contributed by atoms with Crippen LogP contribution in [0.3, 0.4) is 0 Å². The van der Waals surface area contributed by atoms with Gasteiger partial charge in [-0.3, -0.25) is 0 Å². The van der Waals surface area contributed by atoms with E-state index in [2.05, 4.69) is 21.2 Å². The summed E-state index contributed by atoms with van der Waals surface area (Å²) in [7, 11) is 0. The van der Waals surface area contributed by atoms with Gasteiger partial charge in [-0.1, -0.05) is 43.0 Å². The highest BCUT2D eigenvalue weighted by molar-refractivity contribution is 7.80. The Hall–Kier alpha value is -1.00. The molecule has 0 bridgehead atoms. The molecule has 3 nitrogen and oxygen atoms in total. The fourth-order valence-corrected chi connectivity index (χ4v) is 3.98. The molecule has 3 rings (SSSR count). The summed E-state index contributed by atoms with van der Waals surface area (Å²) >= 11 is 11.9. The molecule has 1 heterocycles. The second-order valence-electron chi connectivity index (χ2n) is 6.21. The number of nitrogens with one attached hydrogen (secondary N) is 1. The second-order valence-corrected chi connectivity index (χ2v) is 7.00. The van der Waals surface area contributed by atoms with Crippen LogP contribution in [0.4, 0.5) is 5.69 Å². The number of anilines is 1. The molecule has 0 amide bonds. The smallest absolute Gasteiger partial charge is 0.169 e. The maximum absolute atomic E-state index is 6.29. The minimum Gasteiger partial charge on any atom is -0.367 e. The molecule has 1 N–H and O–H groups in total. The summed E-state index contributed by atoms with van der Waals surface area (Å²) < 4.78 is 0. The summed E-state index contributed by atoms with van der Waals surface area (Å²) in [6, 6.07) is 8.66. The number of hydrogen-bond acceptors (Lipinski definition) is 2. The number of benzene rings is 1. The van der Waals surface area contributed by atoms with E-state index in [0.717, 1.165) is 42.0 Å². The van der Waals surface area contributed by atoms with Crippen LogP contribution in [0.1, 0.15) is 32.1 Å². The Bertz CT molecular complexity index is 508. The van der Waals surface area contributed by atoms with Crippen molar-refractivity contribution in [1.82, 2.24) is 10.2 Å². The van der Waals surface area contributed by atoms with E-state index in [1.165, 1.54) is 32.1 Å². The van der Waals surface area contributed by atoms with E-state index < -0.39 is 0 Å². The SMILES string of the molecule is S=C(NC1CCCCC1)N1CCN(c2ccccc2Cl)CC1. The van der Waals surface area contributed by atoms with Gasteiger partial charge in [0.15, 0.2) is 5.11 Å². The van der Waals surface area contributed by atoms with E-state index >= 15 is 0 Å². The van der Waals surface area contributed by atoms with Crippen LogP contribution >= 0.6 is 23.8 Å². The third kappa shape index (κ3) is 3.85. The summed E-state index contributed by atoms with van der Waals surface area (Å²) in [5.41, 5.74) is 1.13. The van der Waals surface area contributed by atoms with E-state index in [4.69, 9.17) is 23.8 Å². The van der Waals surface area contributed by atoms with Crippen molar-refractivity contribution < 1.29 is 0 Å². The van der Waals surface area contributed by atoms with Crippen LogP contribution in [0.5, 0.6) is 0 Å². The van der Waals surface area contributed by atoms with Crippen LogP contribution in [0.15, 0.2) is 24.3 Å². The molecule has 1 aliphatic carbocycles. The molecule has 1 saturated carbocycles. The maximum atomic E-state index is 6.29. The molecular formula is C17H24ClN3S. The van der Waals surface area contributed by atoms with Crippen molar-refractivity contribution in [2.45, 2.75) is 38.1 Å². The van der Waals surface area contributed by atoms with Crippen LogP contribution in [0.25, 0.3) is 0 Å². The molecule has 1 saturated heterocycles. The molecule has 5 heteroatoms. The van der Waals surface area contributed by atoms with Gasteiger partial charge in [0, 0.05) is 32.2 Å². The van der Waals surface area contributed by atoms with Crippen LogP contribution in [0, 0.1) is 0 Å². The molecule has 0 radical (unpaired) electrons. The summed E-state index contributed by atoms with van der Waals surface area (Å²) in [6.45, 7) is 3.86. The molecule has 0 unspecified atom stereocenters. The van der Waals surface area contributed by atoms with Crippen LogP contribution in [-0.4, -0.2) is 42.2 Å². The number of halogens is 1. The lowest BCUT2D eigenvalue weighted by molar-refractivity contribution is 0.355. The van der Waals surface area contributed by atoms with Gasteiger partial charge >= 0.3 is 0 Å². The predicted molar refractivity (Wildman–Crippen MR) is 97.8 cm³/mol. The van der Waals surface area contributed by atoms with E-state index in [0.29, 0.717) is 6.04 Å². The number of piperazine rings is 1. The lowest BCUT2D eigenvalue weighted by atomic mass is 9.96. The highest BCUT2D eigenvalue weighted by Crippen LogP contribution is 2.26. The number of nitrogens with zero attached hydrogens (tertiary/aromatic N) is 2. The first-order chi connectivity index (χ1) is 10.7. The van der Waals surface area contributed by atoms with Crippen LogP contribution in [-0.2, 0) is 0 Å².